The fourth-order valence-corrected chi connectivity index (χ4v) is 2.38. The minimum Gasteiger partial charge on any atom is -0.507 e. The minimum atomic E-state index is -0.914. The Labute approximate surface area is 146 Å². The molecule has 1 amide bonds. The largest absolute Gasteiger partial charge is 0.507 e. The van der Waals surface area contributed by atoms with Crippen LogP contribution in [0.5, 0.6) is 5.75 Å². The summed E-state index contributed by atoms with van der Waals surface area (Å²) in [6, 6.07) is 12.5. The summed E-state index contributed by atoms with van der Waals surface area (Å²) in [5.74, 6) is -3.59. The first-order valence-corrected chi connectivity index (χ1v) is 7.58. The Hall–Kier alpha value is -3.48. The second-order valence-corrected chi connectivity index (χ2v) is 5.46. The molecule has 0 spiro atoms. The third kappa shape index (κ3) is 3.77. The summed E-state index contributed by atoms with van der Waals surface area (Å²) in [4.78, 5) is 23.9. The second-order valence-electron chi connectivity index (χ2n) is 5.46. The molecule has 0 aliphatic rings. The van der Waals surface area contributed by atoms with Gasteiger partial charge in [-0.05, 0) is 35.0 Å². The molecule has 0 atom stereocenters. The van der Waals surface area contributed by atoms with Crippen LogP contribution in [0.3, 0.4) is 0 Å². The van der Waals surface area contributed by atoms with Gasteiger partial charge in [0, 0.05) is 6.07 Å². The topological polar surface area (TPSA) is 75.6 Å². The van der Waals surface area contributed by atoms with E-state index in [0.29, 0.717) is 5.39 Å². The molecule has 3 rings (SSSR count). The number of carbonyl (C=O) groups is 2. The van der Waals surface area contributed by atoms with Crippen LogP contribution in [0.15, 0.2) is 54.6 Å². The van der Waals surface area contributed by atoms with Crippen molar-refractivity contribution < 1.29 is 28.2 Å². The van der Waals surface area contributed by atoms with Crippen LogP contribution in [0.4, 0.5) is 14.5 Å². The molecule has 26 heavy (non-hydrogen) atoms. The number of anilines is 1. The fourth-order valence-electron chi connectivity index (χ4n) is 2.38. The molecule has 0 unspecified atom stereocenters. The van der Waals surface area contributed by atoms with Crippen LogP contribution in [0, 0.1) is 11.6 Å². The number of hydrogen-bond donors (Lipinski definition) is 2. The third-order valence-electron chi connectivity index (χ3n) is 3.62. The maximum atomic E-state index is 13.5. The number of hydrogen-bond acceptors (Lipinski definition) is 4. The Morgan fingerprint density at radius 3 is 2.42 bits per heavy atom. The number of phenolic OH excluding ortho intramolecular Hbond substituents is 1. The van der Waals surface area contributed by atoms with E-state index in [0.717, 1.165) is 23.6 Å². The zero-order chi connectivity index (χ0) is 18.7. The van der Waals surface area contributed by atoms with Crippen molar-refractivity contribution in [2.45, 2.75) is 0 Å². The molecule has 5 nitrogen and oxygen atoms in total. The van der Waals surface area contributed by atoms with Gasteiger partial charge in [-0.2, -0.15) is 0 Å². The molecule has 0 aromatic heterocycles. The van der Waals surface area contributed by atoms with E-state index in [2.05, 4.69) is 5.32 Å². The van der Waals surface area contributed by atoms with Gasteiger partial charge in [-0.25, -0.2) is 13.6 Å². The number of benzene rings is 3. The normalized spacial score (nSPS) is 10.5. The van der Waals surface area contributed by atoms with Gasteiger partial charge in [0.05, 0.1) is 5.69 Å². The molecule has 0 saturated carbocycles. The third-order valence-corrected chi connectivity index (χ3v) is 3.62. The highest BCUT2D eigenvalue weighted by molar-refractivity contribution is 6.00. The lowest BCUT2D eigenvalue weighted by Crippen LogP contribution is -2.21. The lowest BCUT2D eigenvalue weighted by atomic mass is 10.1. The molecule has 3 aromatic rings. The lowest BCUT2D eigenvalue weighted by Gasteiger charge is -2.09. The first kappa shape index (κ1) is 17.3. The molecule has 0 heterocycles. The summed E-state index contributed by atoms with van der Waals surface area (Å²) < 4.78 is 31.4. The summed E-state index contributed by atoms with van der Waals surface area (Å²) in [5.41, 5.74) is -0.465. The zero-order valence-corrected chi connectivity index (χ0v) is 13.3. The number of amides is 1. The average molecular weight is 357 g/mol. The van der Waals surface area contributed by atoms with Gasteiger partial charge < -0.3 is 15.2 Å². The highest BCUT2D eigenvalue weighted by atomic mass is 19.1. The molecule has 0 aliphatic carbocycles. The maximum absolute atomic E-state index is 13.5. The van der Waals surface area contributed by atoms with Crippen LogP contribution < -0.4 is 5.32 Å². The standard InChI is InChI=1S/C19H13F2NO4/c20-13-5-6-15(21)16(9-13)22-18(24)10-26-19(25)14-7-11-3-1-2-4-12(11)8-17(14)23/h1-9,23H,10H2,(H,22,24). The van der Waals surface area contributed by atoms with E-state index in [-0.39, 0.29) is 17.0 Å². The van der Waals surface area contributed by atoms with Gasteiger partial charge in [-0.3, -0.25) is 4.79 Å². The first-order chi connectivity index (χ1) is 12.4. The summed E-state index contributed by atoms with van der Waals surface area (Å²) in [6.07, 6.45) is 0. The molecule has 0 aliphatic heterocycles. The van der Waals surface area contributed by atoms with E-state index < -0.39 is 30.1 Å². The molecular formula is C19H13F2NO4. The van der Waals surface area contributed by atoms with E-state index in [1.165, 1.54) is 12.1 Å². The number of halogens is 2. The minimum absolute atomic E-state index is 0.103. The summed E-state index contributed by atoms with van der Waals surface area (Å²) >= 11 is 0. The Morgan fingerprint density at radius 1 is 1.00 bits per heavy atom. The highest BCUT2D eigenvalue weighted by Crippen LogP contribution is 2.25. The second kappa shape index (κ2) is 7.18. The quantitative estimate of drug-likeness (QED) is 0.700. The molecule has 0 radical (unpaired) electrons. The zero-order valence-electron chi connectivity index (χ0n) is 13.3. The SMILES string of the molecule is O=C(COC(=O)c1cc2ccccc2cc1O)Nc1cc(F)ccc1F. The number of phenols is 1. The van der Waals surface area contributed by atoms with Crippen LogP contribution in [-0.4, -0.2) is 23.6 Å². The summed E-state index contributed by atoms with van der Waals surface area (Å²) in [7, 11) is 0. The highest BCUT2D eigenvalue weighted by Gasteiger charge is 2.16. The first-order valence-electron chi connectivity index (χ1n) is 7.58. The van der Waals surface area contributed by atoms with Crippen LogP contribution in [0.1, 0.15) is 10.4 Å². The van der Waals surface area contributed by atoms with Crippen molar-refractivity contribution in [3.63, 3.8) is 0 Å². The number of fused-ring (bicyclic) bond motifs is 1. The number of aromatic hydroxyl groups is 1. The molecular weight excluding hydrogens is 344 g/mol. The number of rotatable bonds is 4. The summed E-state index contributed by atoms with van der Waals surface area (Å²) in [5, 5.41) is 13.5. The van der Waals surface area contributed by atoms with Crippen LogP contribution in [0.25, 0.3) is 10.8 Å². The van der Waals surface area contributed by atoms with E-state index in [9.17, 15) is 23.5 Å². The summed E-state index contributed by atoms with van der Waals surface area (Å²) in [6.45, 7) is -0.721. The van der Waals surface area contributed by atoms with Gasteiger partial charge in [0.25, 0.3) is 5.91 Å². The van der Waals surface area contributed by atoms with Crippen molar-refractivity contribution in [3.05, 3.63) is 71.8 Å². The molecule has 0 saturated heterocycles. The molecule has 132 valence electrons. The fraction of sp³-hybridized carbons (Fsp3) is 0.0526. The van der Waals surface area contributed by atoms with E-state index in [1.807, 2.05) is 0 Å². The Bertz CT molecular complexity index is 1000. The van der Waals surface area contributed by atoms with E-state index >= 15 is 0 Å². The van der Waals surface area contributed by atoms with Crippen LogP contribution >= 0.6 is 0 Å². The van der Waals surface area contributed by atoms with Gasteiger partial charge in [0.1, 0.15) is 22.9 Å². The van der Waals surface area contributed by atoms with Gasteiger partial charge in [0.2, 0.25) is 0 Å². The van der Waals surface area contributed by atoms with Crippen LogP contribution in [-0.2, 0) is 9.53 Å². The molecule has 0 fully saturated rings. The van der Waals surface area contributed by atoms with Gasteiger partial charge in [-0.15, -0.1) is 0 Å². The number of carbonyl (C=O) groups excluding carboxylic acids is 2. The smallest absolute Gasteiger partial charge is 0.342 e. The molecule has 0 bridgehead atoms. The van der Waals surface area contributed by atoms with E-state index in [1.54, 1.807) is 24.3 Å². The van der Waals surface area contributed by atoms with Crippen LogP contribution in [0.2, 0.25) is 0 Å². The van der Waals surface area contributed by atoms with Gasteiger partial charge in [0.15, 0.2) is 6.61 Å². The average Bonchev–Trinajstić information content (AvgIpc) is 2.62. The van der Waals surface area contributed by atoms with Gasteiger partial charge >= 0.3 is 5.97 Å². The Balaban J connectivity index is 1.68. The van der Waals surface area contributed by atoms with Crippen molar-refractivity contribution >= 4 is 28.3 Å². The monoisotopic (exact) mass is 357 g/mol. The van der Waals surface area contributed by atoms with Crippen molar-refractivity contribution in [1.29, 1.82) is 0 Å². The van der Waals surface area contributed by atoms with Crippen molar-refractivity contribution in [2.75, 3.05) is 11.9 Å². The van der Waals surface area contributed by atoms with Gasteiger partial charge in [-0.1, -0.05) is 24.3 Å². The number of nitrogens with one attached hydrogen (secondary N) is 1. The van der Waals surface area contributed by atoms with Crippen molar-refractivity contribution in [3.8, 4) is 5.75 Å². The van der Waals surface area contributed by atoms with Crippen molar-refractivity contribution in [1.82, 2.24) is 0 Å². The maximum Gasteiger partial charge on any atom is 0.342 e. The molecule has 3 aromatic carbocycles. The predicted octanol–water partition coefficient (Wildman–Crippen LogP) is 3.62. The van der Waals surface area contributed by atoms with E-state index in [4.69, 9.17) is 4.74 Å². The predicted molar refractivity (Wildman–Crippen MR) is 90.9 cm³/mol. The lowest BCUT2D eigenvalue weighted by molar-refractivity contribution is -0.119. The van der Waals surface area contributed by atoms with Crippen molar-refractivity contribution in [2.24, 2.45) is 0 Å². The number of esters is 1. The Morgan fingerprint density at radius 2 is 1.69 bits per heavy atom. The Kier molecular flexibility index (Phi) is 4.79. The molecule has 2 N–H and O–H groups in total. The number of ether oxygens (including phenoxy) is 1. The molecule has 7 heteroatoms.